The van der Waals surface area contributed by atoms with Crippen molar-refractivity contribution in [3.05, 3.63) is 34.9 Å². The average molecular weight is 416 g/mol. The third kappa shape index (κ3) is 5.05. The molecule has 30 heavy (non-hydrogen) atoms. The topological polar surface area (TPSA) is 102 Å². The molecule has 0 bridgehead atoms. The van der Waals surface area contributed by atoms with Gasteiger partial charge >= 0.3 is 5.97 Å². The second kappa shape index (κ2) is 9.84. The third-order valence-corrected chi connectivity index (χ3v) is 5.65. The molecular weight excluding hydrogens is 388 g/mol. The van der Waals surface area contributed by atoms with Gasteiger partial charge in [0.15, 0.2) is 6.61 Å². The largest absolute Gasteiger partial charge is 0.452 e. The maximum Gasteiger partial charge on any atom is 0.338 e. The fourth-order valence-corrected chi connectivity index (χ4v) is 3.88. The smallest absolute Gasteiger partial charge is 0.338 e. The summed E-state index contributed by atoms with van der Waals surface area (Å²) in [6.07, 6.45) is 4.56. The molecule has 1 aromatic rings. The first-order valence-electron chi connectivity index (χ1n) is 10.4. The molecule has 3 amide bonds. The van der Waals surface area contributed by atoms with E-state index in [1.165, 1.54) is 18.2 Å². The van der Waals surface area contributed by atoms with Crippen molar-refractivity contribution in [1.29, 1.82) is 0 Å². The Hall–Kier alpha value is -2.74. The Balaban J connectivity index is 1.55. The number of ether oxygens (including phenoxy) is 2. The maximum absolute atomic E-state index is 12.5. The first-order chi connectivity index (χ1) is 14.4. The summed E-state index contributed by atoms with van der Waals surface area (Å²) in [6.45, 7) is 2.51. The van der Waals surface area contributed by atoms with Crippen LogP contribution in [-0.2, 0) is 14.3 Å². The second-order valence-corrected chi connectivity index (χ2v) is 7.97. The average Bonchev–Trinajstić information content (AvgIpc) is 2.98. The van der Waals surface area contributed by atoms with E-state index >= 15 is 0 Å². The zero-order chi connectivity index (χ0) is 21.7. The number of rotatable bonds is 8. The van der Waals surface area contributed by atoms with E-state index in [9.17, 15) is 19.2 Å². The Labute approximate surface area is 175 Å². The van der Waals surface area contributed by atoms with Crippen LogP contribution in [0.1, 0.15) is 70.1 Å². The minimum absolute atomic E-state index is 0.125. The van der Waals surface area contributed by atoms with Crippen molar-refractivity contribution >= 4 is 23.7 Å². The Morgan fingerprint density at radius 1 is 1.10 bits per heavy atom. The number of nitrogens with zero attached hydrogens (tertiary/aromatic N) is 1. The van der Waals surface area contributed by atoms with Crippen molar-refractivity contribution in [3.8, 4) is 0 Å². The van der Waals surface area contributed by atoms with E-state index < -0.39 is 11.9 Å². The maximum atomic E-state index is 12.5. The number of carbonyl (C=O) groups is 4. The lowest BCUT2D eigenvalue weighted by atomic mass is 9.87. The Morgan fingerprint density at radius 2 is 1.80 bits per heavy atom. The van der Waals surface area contributed by atoms with Crippen LogP contribution < -0.4 is 5.32 Å². The molecule has 8 heteroatoms. The van der Waals surface area contributed by atoms with E-state index in [0.29, 0.717) is 18.9 Å². The summed E-state index contributed by atoms with van der Waals surface area (Å²) in [6, 6.07) is 4.37. The Bertz CT molecular complexity index is 829. The number of amides is 3. The molecule has 2 aliphatic rings. The lowest BCUT2D eigenvalue weighted by Crippen LogP contribution is -2.39. The first-order valence-corrected chi connectivity index (χ1v) is 10.4. The summed E-state index contributed by atoms with van der Waals surface area (Å²) in [4.78, 5) is 50.5. The number of hydrogen-bond acceptors (Lipinski definition) is 6. The lowest BCUT2D eigenvalue weighted by molar-refractivity contribution is -0.125. The molecule has 0 radical (unpaired) electrons. The predicted octanol–water partition coefficient (Wildman–Crippen LogP) is 2.17. The molecule has 1 saturated carbocycles. The number of imide groups is 1. The molecule has 162 valence electrons. The molecule has 1 aliphatic carbocycles. The molecule has 0 unspecified atom stereocenters. The lowest BCUT2D eigenvalue weighted by Gasteiger charge is -2.26. The van der Waals surface area contributed by atoms with E-state index in [-0.39, 0.29) is 47.7 Å². The number of nitrogens with one attached hydrogen (secondary N) is 1. The standard InChI is InChI=1S/C22H28N2O6/c1-14-4-7-16(8-5-14)23-19(25)13-30-22(28)15-6-9-17-18(12-15)21(27)24(20(17)26)10-3-11-29-2/h6,9,12,14,16H,3-5,7-8,10-11,13H2,1-2H3,(H,23,25). The van der Waals surface area contributed by atoms with Crippen molar-refractivity contribution in [2.24, 2.45) is 5.92 Å². The number of fused-ring (bicyclic) bond motifs is 1. The number of benzene rings is 1. The number of esters is 1. The molecule has 1 fully saturated rings. The fourth-order valence-electron chi connectivity index (χ4n) is 3.88. The number of carbonyl (C=O) groups excluding carboxylic acids is 4. The van der Waals surface area contributed by atoms with Gasteiger partial charge < -0.3 is 14.8 Å². The van der Waals surface area contributed by atoms with Crippen LogP contribution in [0.5, 0.6) is 0 Å². The van der Waals surface area contributed by atoms with Crippen molar-refractivity contribution in [1.82, 2.24) is 10.2 Å². The molecule has 0 saturated heterocycles. The van der Waals surface area contributed by atoms with E-state index in [4.69, 9.17) is 9.47 Å². The molecule has 1 aromatic carbocycles. The van der Waals surface area contributed by atoms with Gasteiger partial charge in [0.2, 0.25) is 0 Å². The first kappa shape index (κ1) is 22.0. The van der Waals surface area contributed by atoms with Gasteiger partial charge in [-0.05, 0) is 56.2 Å². The van der Waals surface area contributed by atoms with Crippen LogP contribution in [0.15, 0.2) is 18.2 Å². The predicted molar refractivity (Wildman–Crippen MR) is 108 cm³/mol. The van der Waals surface area contributed by atoms with Crippen molar-refractivity contribution in [2.75, 3.05) is 26.9 Å². The van der Waals surface area contributed by atoms with E-state index in [1.807, 2.05) is 0 Å². The van der Waals surface area contributed by atoms with Gasteiger partial charge in [0.05, 0.1) is 16.7 Å². The molecule has 1 aliphatic heterocycles. The molecular formula is C22H28N2O6. The summed E-state index contributed by atoms with van der Waals surface area (Å²) < 4.78 is 10.1. The van der Waals surface area contributed by atoms with Crippen LogP contribution in [0.25, 0.3) is 0 Å². The van der Waals surface area contributed by atoms with Crippen LogP contribution in [-0.4, -0.2) is 61.5 Å². The highest BCUT2D eigenvalue weighted by Crippen LogP contribution is 2.25. The number of methoxy groups -OCH3 is 1. The summed E-state index contributed by atoms with van der Waals surface area (Å²) in [7, 11) is 1.55. The zero-order valence-electron chi connectivity index (χ0n) is 17.4. The van der Waals surface area contributed by atoms with Gasteiger partial charge in [-0.25, -0.2) is 4.79 Å². The third-order valence-electron chi connectivity index (χ3n) is 5.65. The molecule has 1 N–H and O–H groups in total. The molecule has 0 spiro atoms. The minimum Gasteiger partial charge on any atom is -0.452 e. The van der Waals surface area contributed by atoms with Crippen molar-refractivity contribution < 1.29 is 28.7 Å². The van der Waals surface area contributed by atoms with E-state index in [2.05, 4.69) is 12.2 Å². The van der Waals surface area contributed by atoms with Crippen molar-refractivity contribution in [2.45, 2.75) is 45.1 Å². The second-order valence-electron chi connectivity index (χ2n) is 7.97. The SMILES string of the molecule is COCCCN1C(=O)c2ccc(C(=O)OCC(=O)NC3CCC(C)CC3)cc2C1=O. The van der Waals surface area contributed by atoms with Crippen LogP contribution in [0.2, 0.25) is 0 Å². The van der Waals surface area contributed by atoms with Crippen LogP contribution in [0.4, 0.5) is 0 Å². The molecule has 0 atom stereocenters. The van der Waals surface area contributed by atoms with Gasteiger partial charge in [0.1, 0.15) is 0 Å². The summed E-state index contributed by atoms with van der Waals surface area (Å²) in [5, 5.41) is 2.90. The fraction of sp³-hybridized carbons (Fsp3) is 0.545. The Morgan fingerprint density at radius 3 is 2.50 bits per heavy atom. The normalized spacial score (nSPS) is 20.8. The van der Waals surface area contributed by atoms with Crippen LogP contribution >= 0.6 is 0 Å². The Kier molecular flexibility index (Phi) is 7.20. The van der Waals surface area contributed by atoms with E-state index in [0.717, 1.165) is 30.6 Å². The minimum atomic E-state index is -0.705. The molecule has 1 heterocycles. The van der Waals surface area contributed by atoms with Gasteiger partial charge in [-0.3, -0.25) is 19.3 Å². The highest BCUT2D eigenvalue weighted by molar-refractivity contribution is 6.21. The molecule has 0 aromatic heterocycles. The summed E-state index contributed by atoms with van der Waals surface area (Å²) in [5.74, 6) is -1.18. The zero-order valence-corrected chi connectivity index (χ0v) is 17.4. The van der Waals surface area contributed by atoms with Gasteiger partial charge in [0.25, 0.3) is 17.7 Å². The van der Waals surface area contributed by atoms with E-state index in [1.54, 1.807) is 7.11 Å². The van der Waals surface area contributed by atoms with Crippen molar-refractivity contribution in [3.63, 3.8) is 0 Å². The van der Waals surface area contributed by atoms with Gasteiger partial charge in [-0.15, -0.1) is 0 Å². The highest BCUT2D eigenvalue weighted by atomic mass is 16.5. The van der Waals surface area contributed by atoms with Crippen LogP contribution in [0, 0.1) is 5.92 Å². The van der Waals surface area contributed by atoms with Crippen LogP contribution in [0.3, 0.4) is 0 Å². The van der Waals surface area contributed by atoms with Gasteiger partial charge in [-0.1, -0.05) is 6.92 Å². The van der Waals surface area contributed by atoms with Gasteiger partial charge in [0, 0.05) is 26.3 Å². The monoisotopic (exact) mass is 416 g/mol. The summed E-state index contributed by atoms with van der Waals surface area (Å²) >= 11 is 0. The summed E-state index contributed by atoms with van der Waals surface area (Å²) in [5.41, 5.74) is 0.568. The molecule has 8 nitrogen and oxygen atoms in total. The number of hydrogen-bond donors (Lipinski definition) is 1. The molecule has 3 rings (SSSR count). The quantitative estimate of drug-likeness (QED) is 0.396. The highest BCUT2D eigenvalue weighted by Gasteiger charge is 2.35. The van der Waals surface area contributed by atoms with Gasteiger partial charge in [-0.2, -0.15) is 0 Å².